The Kier molecular flexibility index (Phi) is 6.45. The number of fused-ring (bicyclic) bond motifs is 1. The number of Topliss-reactive ketones (excluding diaryl/α,β-unsaturated/α-hetero) is 1. The number of rotatable bonds is 9. The highest BCUT2D eigenvalue weighted by atomic mass is 35.5. The molecule has 1 aromatic carbocycles. The number of ketones is 1. The zero-order valence-corrected chi connectivity index (χ0v) is 15.1. The van der Waals surface area contributed by atoms with E-state index in [0.29, 0.717) is 28.9 Å². The van der Waals surface area contributed by atoms with Crippen molar-refractivity contribution in [1.82, 2.24) is 0 Å². The zero-order valence-electron chi connectivity index (χ0n) is 13.5. The molecule has 2 aromatic rings. The van der Waals surface area contributed by atoms with Crippen LogP contribution in [0, 0.1) is 5.92 Å². The molecule has 0 aliphatic carbocycles. The van der Waals surface area contributed by atoms with E-state index in [0.717, 1.165) is 16.5 Å². The quantitative estimate of drug-likeness (QED) is 0.406. The number of benzene rings is 1. The number of carbonyl (C=O) groups excluding carboxylic acids is 1. The minimum Gasteiger partial charge on any atom is -0.493 e. The fourth-order valence-electron chi connectivity index (χ4n) is 2.16. The van der Waals surface area contributed by atoms with E-state index in [4.69, 9.17) is 26.2 Å². The first kappa shape index (κ1) is 18.5. The third kappa shape index (κ3) is 4.39. The largest absolute Gasteiger partial charge is 0.493 e. The van der Waals surface area contributed by atoms with Crippen molar-refractivity contribution in [3.8, 4) is 11.5 Å². The Morgan fingerprint density at radius 1 is 1.29 bits per heavy atom. The highest BCUT2D eigenvalue weighted by Gasteiger charge is 2.19. The molecule has 24 heavy (non-hydrogen) atoms. The van der Waals surface area contributed by atoms with Gasteiger partial charge in [0.25, 0.3) is 0 Å². The van der Waals surface area contributed by atoms with E-state index in [2.05, 4.69) is 0 Å². The van der Waals surface area contributed by atoms with Crippen LogP contribution < -0.4 is 9.47 Å². The molecule has 0 saturated heterocycles. The van der Waals surface area contributed by atoms with Gasteiger partial charge in [-0.1, -0.05) is 6.92 Å². The van der Waals surface area contributed by atoms with Crippen LogP contribution >= 0.6 is 22.9 Å². The van der Waals surface area contributed by atoms with Gasteiger partial charge >= 0.3 is 5.97 Å². The second kappa shape index (κ2) is 8.35. The van der Waals surface area contributed by atoms with Gasteiger partial charge in [0.1, 0.15) is 0 Å². The maximum absolute atomic E-state index is 12.2. The first-order chi connectivity index (χ1) is 11.5. The number of methoxy groups -OCH3 is 1. The lowest BCUT2D eigenvalue weighted by molar-refractivity contribution is -0.141. The Hall–Kier alpha value is -1.79. The summed E-state index contributed by atoms with van der Waals surface area (Å²) in [7, 11) is 1.56. The zero-order chi connectivity index (χ0) is 17.7. The summed E-state index contributed by atoms with van der Waals surface area (Å²) in [6.45, 7) is 2.01. The summed E-state index contributed by atoms with van der Waals surface area (Å²) in [6.07, 6.45) is 0.711. The molecule has 0 aliphatic rings. The summed E-state index contributed by atoms with van der Waals surface area (Å²) in [5, 5.41) is 9.80. The van der Waals surface area contributed by atoms with Crippen LogP contribution in [0.15, 0.2) is 18.2 Å². The van der Waals surface area contributed by atoms with E-state index in [1.807, 2.05) is 12.1 Å². The van der Waals surface area contributed by atoms with E-state index in [1.54, 1.807) is 13.2 Å². The molecule has 1 N–H and O–H groups in total. The van der Waals surface area contributed by atoms with Gasteiger partial charge < -0.3 is 14.6 Å². The van der Waals surface area contributed by atoms with E-state index in [1.165, 1.54) is 18.3 Å². The fraction of sp³-hybridized carbons (Fsp3) is 0.412. The summed E-state index contributed by atoms with van der Waals surface area (Å²) < 4.78 is 11.9. The molecule has 0 saturated carbocycles. The summed E-state index contributed by atoms with van der Waals surface area (Å²) >= 11 is 6.98. The van der Waals surface area contributed by atoms with E-state index in [-0.39, 0.29) is 12.2 Å². The molecule has 5 nitrogen and oxygen atoms in total. The van der Waals surface area contributed by atoms with Crippen LogP contribution in [0.5, 0.6) is 11.5 Å². The Morgan fingerprint density at radius 2 is 2.04 bits per heavy atom. The van der Waals surface area contributed by atoms with E-state index in [9.17, 15) is 9.59 Å². The Labute approximate surface area is 149 Å². The number of alkyl halides is 1. The predicted octanol–water partition coefficient (Wildman–Crippen LogP) is 4.21. The fourth-order valence-corrected chi connectivity index (χ4v) is 3.29. The molecule has 0 spiro atoms. The highest BCUT2D eigenvalue weighted by molar-refractivity contribution is 7.20. The van der Waals surface area contributed by atoms with Gasteiger partial charge in [-0.15, -0.1) is 22.9 Å². The minimum atomic E-state index is -0.971. The number of aliphatic carboxylic acids is 1. The summed E-state index contributed by atoms with van der Waals surface area (Å²) in [4.78, 5) is 23.7. The first-order valence-electron chi connectivity index (χ1n) is 7.52. The molecule has 0 radical (unpaired) electrons. The second-order valence-corrected chi connectivity index (χ2v) is 6.87. The molecule has 0 unspecified atom stereocenters. The smallest absolute Gasteiger partial charge is 0.306 e. The van der Waals surface area contributed by atoms with Crippen LogP contribution in [-0.4, -0.2) is 36.5 Å². The molecule has 0 fully saturated rings. The maximum atomic E-state index is 12.2. The van der Waals surface area contributed by atoms with Gasteiger partial charge in [-0.25, -0.2) is 0 Å². The van der Waals surface area contributed by atoms with Crippen molar-refractivity contribution < 1.29 is 24.2 Å². The lowest BCUT2D eigenvalue weighted by Crippen LogP contribution is -2.13. The lowest BCUT2D eigenvalue weighted by atomic mass is 10.0. The molecule has 2 rings (SSSR count). The van der Waals surface area contributed by atoms with Crippen LogP contribution in [0.25, 0.3) is 10.1 Å². The Bertz CT molecular complexity index is 740. The maximum Gasteiger partial charge on any atom is 0.306 e. The van der Waals surface area contributed by atoms with Gasteiger partial charge in [0.2, 0.25) is 0 Å². The molecular weight excluding hydrogens is 352 g/mol. The van der Waals surface area contributed by atoms with Gasteiger partial charge in [0.15, 0.2) is 17.3 Å². The Morgan fingerprint density at radius 3 is 2.67 bits per heavy atom. The van der Waals surface area contributed by atoms with Crippen LogP contribution in [0.3, 0.4) is 0 Å². The number of carboxylic acid groups (broad SMARTS) is 1. The van der Waals surface area contributed by atoms with Crippen molar-refractivity contribution in [2.45, 2.75) is 19.8 Å². The predicted molar refractivity (Wildman–Crippen MR) is 95.0 cm³/mol. The van der Waals surface area contributed by atoms with Crippen LogP contribution in [0.4, 0.5) is 0 Å². The minimum absolute atomic E-state index is 0.0155. The molecular formula is C17H19ClO5S. The van der Waals surface area contributed by atoms with Crippen molar-refractivity contribution >= 4 is 44.8 Å². The van der Waals surface area contributed by atoms with Gasteiger partial charge in [-0.2, -0.15) is 0 Å². The molecule has 1 aromatic heterocycles. The molecule has 130 valence electrons. The number of thiophene rings is 1. The van der Waals surface area contributed by atoms with Crippen molar-refractivity contribution in [1.29, 1.82) is 0 Å². The van der Waals surface area contributed by atoms with Gasteiger partial charge in [0, 0.05) is 23.1 Å². The topological polar surface area (TPSA) is 72.8 Å². The number of ether oxygens (including phenoxy) is 2. The van der Waals surface area contributed by atoms with Gasteiger partial charge in [-0.05, 0) is 23.9 Å². The number of hydrogen-bond acceptors (Lipinski definition) is 5. The van der Waals surface area contributed by atoms with E-state index < -0.39 is 11.9 Å². The molecule has 0 bridgehead atoms. The highest BCUT2D eigenvalue weighted by Crippen LogP contribution is 2.37. The normalized spacial score (nSPS) is 12.1. The molecule has 0 aliphatic heterocycles. The number of hydrogen-bond donors (Lipinski definition) is 1. The molecule has 7 heteroatoms. The Balaban J connectivity index is 2.26. The molecule has 0 amide bonds. The van der Waals surface area contributed by atoms with E-state index >= 15 is 0 Å². The van der Waals surface area contributed by atoms with Crippen LogP contribution in [-0.2, 0) is 4.79 Å². The average molecular weight is 371 g/mol. The number of halogens is 1. The van der Waals surface area contributed by atoms with Crippen LogP contribution in [0.2, 0.25) is 0 Å². The lowest BCUT2D eigenvalue weighted by Gasteiger charge is -2.10. The van der Waals surface area contributed by atoms with Crippen molar-refractivity contribution in [3.05, 3.63) is 23.1 Å². The number of carbonyl (C=O) groups is 2. The summed E-state index contributed by atoms with van der Waals surface area (Å²) in [5.74, 6) is -0.130. The standard InChI is InChI=1S/C17H19ClO5S/c1-10(17(20)21)6-12(19)16-8-11-7-13(22-2)14(9-15(11)24-16)23-5-3-4-18/h7-10H,3-6H2,1-2H3,(H,20,21)/t10-/m0/s1. The second-order valence-electron chi connectivity index (χ2n) is 5.41. The monoisotopic (exact) mass is 370 g/mol. The average Bonchev–Trinajstić information content (AvgIpc) is 2.97. The van der Waals surface area contributed by atoms with Crippen molar-refractivity contribution in [2.24, 2.45) is 5.92 Å². The molecule has 1 atom stereocenters. The van der Waals surface area contributed by atoms with Gasteiger partial charge in [-0.3, -0.25) is 9.59 Å². The molecule has 1 heterocycles. The third-order valence-electron chi connectivity index (χ3n) is 3.53. The summed E-state index contributed by atoms with van der Waals surface area (Å²) in [6, 6.07) is 5.42. The van der Waals surface area contributed by atoms with Crippen molar-refractivity contribution in [3.63, 3.8) is 0 Å². The van der Waals surface area contributed by atoms with Crippen molar-refractivity contribution in [2.75, 3.05) is 19.6 Å². The SMILES string of the molecule is COc1cc2cc(C(=O)C[C@H](C)C(=O)O)sc2cc1OCCCCl. The van der Waals surface area contributed by atoms with Gasteiger partial charge in [0.05, 0.1) is 24.5 Å². The first-order valence-corrected chi connectivity index (χ1v) is 8.87. The van der Waals surface area contributed by atoms with Crippen LogP contribution in [0.1, 0.15) is 29.4 Å². The summed E-state index contributed by atoms with van der Waals surface area (Å²) in [5.41, 5.74) is 0. The number of carboxylic acids is 1. The third-order valence-corrected chi connectivity index (χ3v) is 4.93.